The van der Waals surface area contributed by atoms with E-state index in [1.807, 2.05) is 0 Å². The number of ether oxygens (including phenoxy) is 1. The van der Waals surface area contributed by atoms with Gasteiger partial charge in [0.2, 0.25) is 0 Å². The normalized spacial score (nSPS) is 10.8. The summed E-state index contributed by atoms with van der Waals surface area (Å²) in [5.41, 5.74) is -0.0365. The number of nitrogens with zero attached hydrogens (tertiary/aromatic N) is 3. The van der Waals surface area contributed by atoms with Crippen LogP contribution in [-0.4, -0.2) is 40.8 Å². The maximum atomic E-state index is 12.4. The zero-order valence-corrected chi connectivity index (χ0v) is 12.5. The Labute approximate surface area is 131 Å². The highest BCUT2D eigenvalue weighted by atomic mass is 35.5. The highest BCUT2D eigenvalue weighted by Crippen LogP contribution is 2.17. The van der Waals surface area contributed by atoms with Crippen molar-refractivity contribution in [1.29, 1.82) is 0 Å². The molecule has 1 amide bonds. The molecule has 0 N–H and O–H groups in total. The van der Waals surface area contributed by atoms with Gasteiger partial charge in [0.05, 0.1) is 6.54 Å². The topological polar surface area (TPSA) is 47.4 Å². The monoisotopic (exact) mass is 329 g/mol. The molecule has 0 unspecified atom stereocenters. The zero-order chi connectivity index (χ0) is 16.1. The van der Waals surface area contributed by atoms with Crippen LogP contribution in [0.3, 0.4) is 0 Å². The Morgan fingerprint density at radius 2 is 2.23 bits per heavy atom. The maximum absolute atomic E-state index is 12.4. The van der Waals surface area contributed by atoms with E-state index in [1.165, 1.54) is 11.0 Å². The van der Waals surface area contributed by atoms with E-state index in [0.717, 1.165) is 6.20 Å². The van der Waals surface area contributed by atoms with Gasteiger partial charge in [-0.15, -0.1) is 0 Å². The number of hydrogen-bond donors (Lipinski definition) is 0. The highest BCUT2D eigenvalue weighted by Gasteiger charge is 2.16. The van der Waals surface area contributed by atoms with Crippen molar-refractivity contribution in [3.8, 4) is 5.75 Å². The minimum Gasteiger partial charge on any atom is -0.492 e. The van der Waals surface area contributed by atoms with Gasteiger partial charge >= 0.3 is 6.55 Å². The van der Waals surface area contributed by atoms with Gasteiger partial charge in [-0.05, 0) is 24.3 Å². The Morgan fingerprint density at radius 3 is 2.86 bits per heavy atom. The number of carbonyl (C=O) groups is 1. The van der Waals surface area contributed by atoms with Crippen LogP contribution in [0, 0.1) is 0 Å². The molecule has 0 spiro atoms. The molecule has 0 saturated heterocycles. The second kappa shape index (κ2) is 7.22. The molecule has 1 aromatic heterocycles. The number of aromatic nitrogens is 2. The molecule has 8 heteroatoms. The number of halogens is 3. The minimum absolute atomic E-state index is 0.0365. The van der Waals surface area contributed by atoms with Crippen LogP contribution in [0.1, 0.15) is 17.0 Å². The van der Waals surface area contributed by atoms with Crippen LogP contribution in [0.5, 0.6) is 5.75 Å². The van der Waals surface area contributed by atoms with Crippen molar-refractivity contribution in [2.45, 2.75) is 6.55 Å². The third kappa shape index (κ3) is 4.17. The molecule has 22 heavy (non-hydrogen) atoms. The first-order valence-electron chi connectivity index (χ1n) is 6.44. The van der Waals surface area contributed by atoms with Crippen molar-refractivity contribution < 1.29 is 18.3 Å². The smallest absolute Gasteiger partial charge is 0.333 e. The lowest BCUT2D eigenvalue weighted by molar-refractivity contribution is 0.0552. The standard InChI is InChI=1S/C14H14ClF2N3O2/c1-19(7-8-22-11-4-2-3-10(15)9-11)13(21)12-5-6-20(18-12)14(16)17/h2-6,9,14H,7-8H2,1H3. The van der Waals surface area contributed by atoms with Gasteiger partial charge in [0, 0.05) is 18.3 Å². The predicted octanol–water partition coefficient (Wildman–Crippen LogP) is 3.08. The van der Waals surface area contributed by atoms with Gasteiger partial charge in [-0.1, -0.05) is 17.7 Å². The molecule has 5 nitrogen and oxygen atoms in total. The SMILES string of the molecule is CN(CCOc1cccc(Cl)c1)C(=O)c1ccn(C(F)F)n1. The second-order valence-electron chi connectivity index (χ2n) is 4.49. The summed E-state index contributed by atoms with van der Waals surface area (Å²) < 4.78 is 30.7. The first kappa shape index (κ1) is 16.2. The van der Waals surface area contributed by atoms with Crippen molar-refractivity contribution in [2.24, 2.45) is 0 Å². The van der Waals surface area contributed by atoms with Crippen molar-refractivity contribution in [2.75, 3.05) is 20.2 Å². The van der Waals surface area contributed by atoms with Gasteiger partial charge in [0.1, 0.15) is 12.4 Å². The van der Waals surface area contributed by atoms with Gasteiger partial charge < -0.3 is 9.64 Å². The number of benzene rings is 1. The van der Waals surface area contributed by atoms with Crippen LogP contribution < -0.4 is 4.74 Å². The third-order valence-corrected chi connectivity index (χ3v) is 3.10. The number of likely N-dealkylation sites (N-methyl/N-ethyl adjacent to an activating group) is 1. The fourth-order valence-corrected chi connectivity index (χ4v) is 1.90. The summed E-state index contributed by atoms with van der Waals surface area (Å²) in [6.07, 6.45) is 1.06. The summed E-state index contributed by atoms with van der Waals surface area (Å²) >= 11 is 5.83. The Kier molecular flexibility index (Phi) is 5.32. The molecule has 0 fully saturated rings. The number of rotatable bonds is 6. The van der Waals surface area contributed by atoms with E-state index < -0.39 is 12.5 Å². The van der Waals surface area contributed by atoms with Crippen LogP contribution >= 0.6 is 11.6 Å². The summed E-state index contributed by atoms with van der Waals surface area (Å²) in [4.78, 5) is 13.4. The zero-order valence-electron chi connectivity index (χ0n) is 11.7. The Bertz CT molecular complexity index is 649. The molecule has 0 aliphatic carbocycles. The molecule has 0 aliphatic rings. The fraction of sp³-hybridized carbons (Fsp3) is 0.286. The second-order valence-corrected chi connectivity index (χ2v) is 4.93. The molecule has 2 aromatic rings. The van der Waals surface area contributed by atoms with E-state index in [9.17, 15) is 13.6 Å². The van der Waals surface area contributed by atoms with Crippen LogP contribution in [0.15, 0.2) is 36.5 Å². The number of alkyl halides is 2. The lowest BCUT2D eigenvalue weighted by atomic mass is 10.3. The predicted molar refractivity (Wildman–Crippen MR) is 77.4 cm³/mol. The summed E-state index contributed by atoms with van der Waals surface area (Å²) in [7, 11) is 1.55. The minimum atomic E-state index is -2.77. The molecular weight excluding hydrogens is 316 g/mol. The van der Waals surface area contributed by atoms with Crippen molar-refractivity contribution >= 4 is 17.5 Å². The van der Waals surface area contributed by atoms with Gasteiger partial charge in [0.25, 0.3) is 5.91 Å². The van der Waals surface area contributed by atoms with Crippen LogP contribution in [-0.2, 0) is 0 Å². The third-order valence-electron chi connectivity index (χ3n) is 2.87. The first-order chi connectivity index (χ1) is 10.5. The molecule has 118 valence electrons. The summed E-state index contributed by atoms with van der Waals surface area (Å²) in [6, 6.07) is 8.14. The van der Waals surface area contributed by atoms with Crippen molar-refractivity contribution in [1.82, 2.24) is 14.7 Å². The van der Waals surface area contributed by atoms with Crippen molar-refractivity contribution in [3.63, 3.8) is 0 Å². The molecule has 2 rings (SSSR count). The molecule has 1 aromatic carbocycles. The summed E-state index contributed by atoms with van der Waals surface area (Å²) in [5, 5.41) is 4.08. The van der Waals surface area contributed by atoms with Gasteiger partial charge in [-0.3, -0.25) is 4.79 Å². The van der Waals surface area contributed by atoms with E-state index in [1.54, 1.807) is 31.3 Å². The maximum Gasteiger partial charge on any atom is 0.333 e. The van der Waals surface area contributed by atoms with E-state index >= 15 is 0 Å². The quantitative estimate of drug-likeness (QED) is 0.818. The summed E-state index contributed by atoms with van der Waals surface area (Å²) in [5.74, 6) is 0.143. The molecule has 0 bridgehead atoms. The lowest BCUT2D eigenvalue weighted by Crippen LogP contribution is -2.31. The average molecular weight is 330 g/mol. The van der Waals surface area contributed by atoms with Crippen molar-refractivity contribution in [3.05, 3.63) is 47.2 Å². The van der Waals surface area contributed by atoms with Crippen LogP contribution in [0.25, 0.3) is 0 Å². The fourth-order valence-electron chi connectivity index (χ4n) is 1.72. The first-order valence-corrected chi connectivity index (χ1v) is 6.82. The van der Waals surface area contributed by atoms with E-state index in [0.29, 0.717) is 15.5 Å². The number of carbonyl (C=O) groups excluding carboxylic acids is 1. The van der Waals surface area contributed by atoms with Gasteiger partial charge in [0.15, 0.2) is 5.69 Å². The molecular formula is C14H14ClF2N3O2. The molecule has 0 radical (unpaired) electrons. The van der Waals surface area contributed by atoms with E-state index in [4.69, 9.17) is 16.3 Å². The summed E-state index contributed by atoms with van der Waals surface area (Å²) in [6.45, 7) is -2.23. The number of hydrogen-bond acceptors (Lipinski definition) is 3. The highest BCUT2D eigenvalue weighted by molar-refractivity contribution is 6.30. The van der Waals surface area contributed by atoms with E-state index in [2.05, 4.69) is 5.10 Å². The van der Waals surface area contributed by atoms with Crippen LogP contribution in [0.4, 0.5) is 8.78 Å². The Hall–Kier alpha value is -2.15. The Morgan fingerprint density at radius 1 is 1.45 bits per heavy atom. The lowest BCUT2D eigenvalue weighted by Gasteiger charge is -2.16. The molecule has 0 aliphatic heterocycles. The van der Waals surface area contributed by atoms with E-state index in [-0.39, 0.29) is 18.8 Å². The molecule has 0 saturated carbocycles. The number of amides is 1. The largest absolute Gasteiger partial charge is 0.492 e. The molecule has 1 heterocycles. The van der Waals surface area contributed by atoms with Gasteiger partial charge in [-0.25, -0.2) is 4.68 Å². The van der Waals surface area contributed by atoms with Gasteiger partial charge in [-0.2, -0.15) is 13.9 Å². The molecule has 0 atom stereocenters. The van der Waals surface area contributed by atoms with Crippen LogP contribution in [0.2, 0.25) is 5.02 Å². The Balaban J connectivity index is 1.86. The average Bonchev–Trinajstić information content (AvgIpc) is 2.96.